The molecule has 3 N–H and O–H groups in total. The minimum absolute atomic E-state index is 0.0425. The fourth-order valence-corrected chi connectivity index (χ4v) is 4.31. The summed E-state index contributed by atoms with van der Waals surface area (Å²) in [5.41, 5.74) is 4.93. The molecule has 0 aliphatic heterocycles. The third-order valence-corrected chi connectivity index (χ3v) is 5.93. The Morgan fingerprint density at radius 2 is 1.60 bits per heavy atom. The predicted octanol–water partition coefficient (Wildman–Crippen LogP) is 3.87. The van der Waals surface area contributed by atoms with Gasteiger partial charge >= 0.3 is 12.1 Å². The number of rotatable bonds is 9. The molecule has 180 valence electrons. The zero-order valence-electron chi connectivity index (χ0n) is 18.9. The zero-order valence-corrected chi connectivity index (χ0v) is 18.9. The first kappa shape index (κ1) is 23.9. The van der Waals surface area contributed by atoms with Crippen LogP contribution in [0.4, 0.5) is 9.18 Å². The van der Waals surface area contributed by atoms with Gasteiger partial charge in [0.25, 0.3) is 0 Å². The van der Waals surface area contributed by atoms with E-state index >= 15 is 0 Å². The number of fused-ring (bicyclic) bond motifs is 3. The Labute approximate surface area is 201 Å². The Balaban J connectivity index is 1.35. The summed E-state index contributed by atoms with van der Waals surface area (Å²) < 4.78 is 18.7. The lowest BCUT2D eigenvalue weighted by molar-refractivity contribution is -0.139. The second kappa shape index (κ2) is 10.8. The van der Waals surface area contributed by atoms with Crippen molar-refractivity contribution >= 4 is 18.0 Å². The van der Waals surface area contributed by atoms with Crippen LogP contribution in [0.25, 0.3) is 11.1 Å². The molecule has 3 aromatic carbocycles. The lowest BCUT2D eigenvalue weighted by Crippen LogP contribution is -2.48. The number of carbonyl (C=O) groups is 3. The maximum atomic E-state index is 13.3. The van der Waals surface area contributed by atoms with Crippen LogP contribution in [0.5, 0.6) is 0 Å². The van der Waals surface area contributed by atoms with Crippen molar-refractivity contribution in [3.63, 3.8) is 0 Å². The van der Waals surface area contributed by atoms with Gasteiger partial charge in [0.1, 0.15) is 18.5 Å². The van der Waals surface area contributed by atoms with Gasteiger partial charge in [-0.25, -0.2) is 9.18 Å². The van der Waals surface area contributed by atoms with Gasteiger partial charge in [-0.05, 0) is 46.4 Å². The van der Waals surface area contributed by atoms with E-state index in [1.54, 1.807) is 12.1 Å². The summed E-state index contributed by atoms with van der Waals surface area (Å²) in [7, 11) is 0. The number of carboxylic acids is 1. The normalized spacial score (nSPS) is 12.8. The second-order valence-corrected chi connectivity index (χ2v) is 8.29. The summed E-state index contributed by atoms with van der Waals surface area (Å²) >= 11 is 0. The van der Waals surface area contributed by atoms with Crippen molar-refractivity contribution in [3.8, 4) is 11.1 Å². The summed E-state index contributed by atoms with van der Waals surface area (Å²) in [6, 6.07) is 20.4. The number of hydrogen-bond donors (Lipinski definition) is 3. The molecule has 3 aromatic rings. The van der Waals surface area contributed by atoms with Crippen LogP contribution in [0.1, 0.15) is 29.0 Å². The Hall–Kier alpha value is -4.20. The van der Waals surface area contributed by atoms with Gasteiger partial charge in [0.05, 0.1) is 6.42 Å². The molecular formula is C27H25FN2O5. The van der Waals surface area contributed by atoms with E-state index in [9.17, 15) is 23.9 Å². The van der Waals surface area contributed by atoms with Crippen molar-refractivity contribution in [3.05, 3.63) is 95.3 Å². The number of carbonyl (C=O) groups excluding carboxylic acids is 2. The predicted molar refractivity (Wildman–Crippen MR) is 127 cm³/mol. The average Bonchev–Trinajstić information content (AvgIpc) is 3.16. The third-order valence-electron chi connectivity index (χ3n) is 5.93. The minimum Gasteiger partial charge on any atom is -0.481 e. The molecule has 7 nitrogen and oxygen atoms in total. The molecule has 1 atom stereocenters. The maximum Gasteiger partial charge on any atom is 0.407 e. The van der Waals surface area contributed by atoms with Gasteiger partial charge in [-0.2, -0.15) is 0 Å². The van der Waals surface area contributed by atoms with Gasteiger partial charge in [0, 0.05) is 12.5 Å². The smallest absolute Gasteiger partial charge is 0.407 e. The first-order chi connectivity index (χ1) is 16.9. The van der Waals surface area contributed by atoms with Gasteiger partial charge in [0.15, 0.2) is 0 Å². The van der Waals surface area contributed by atoms with E-state index in [1.807, 2.05) is 48.5 Å². The van der Waals surface area contributed by atoms with Gasteiger partial charge in [-0.1, -0.05) is 60.7 Å². The molecule has 0 spiro atoms. The van der Waals surface area contributed by atoms with Crippen LogP contribution in [0.2, 0.25) is 0 Å². The van der Waals surface area contributed by atoms with Gasteiger partial charge in [-0.3, -0.25) is 9.59 Å². The molecule has 1 aliphatic carbocycles. The van der Waals surface area contributed by atoms with Crippen molar-refractivity contribution in [2.45, 2.75) is 24.8 Å². The first-order valence-corrected chi connectivity index (χ1v) is 11.3. The molecule has 0 saturated heterocycles. The number of halogens is 1. The van der Waals surface area contributed by atoms with Gasteiger partial charge < -0.3 is 20.5 Å². The minimum atomic E-state index is -1.31. The second-order valence-electron chi connectivity index (χ2n) is 8.29. The van der Waals surface area contributed by atoms with E-state index in [4.69, 9.17) is 4.74 Å². The fraction of sp³-hybridized carbons (Fsp3) is 0.222. The van der Waals surface area contributed by atoms with Crippen LogP contribution in [0.3, 0.4) is 0 Å². The number of nitrogens with one attached hydrogen (secondary N) is 2. The van der Waals surface area contributed by atoms with Crippen LogP contribution < -0.4 is 10.6 Å². The summed E-state index contributed by atoms with van der Waals surface area (Å²) in [6.45, 7) is 0.200. The van der Waals surface area contributed by atoms with Crippen molar-refractivity contribution in [1.82, 2.24) is 10.6 Å². The molecule has 2 amide bonds. The Morgan fingerprint density at radius 1 is 0.943 bits per heavy atom. The molecule has 0 fully saturated rings. The van der Waals surface area contributed by atoms with Crippen molar-refractivity contribution in [2.24, 2.45) is 0 Å². The topological polar surface area (TPSA) is 105 Å². The number of benzene rings is 3. The standard InChI is InChI=1S/C27H25FN2O5/c28-18-7-5-6-17(14-18)12-13-29-26(33)24(15-25(31)32)30-27(34)35-16-23-21-10-3-1-8-19(21)20-9-2-4-11-22(20)23/h1-11,14,23-24H,12-13,15-16H2,(H,29,33)(H,30,34)(H,31,32). The summed E-state index contributed by atoms with van der Waals surface area (Å²) in [6.07, 6.45) is -1.12. The lowest BCUT2D eigenvalue weighted by atomic mass is 9.98. The quantitative estimate of drug-likeness (QED) is 0.435. The Morgan fingerprint density at radius 3 is 2.23 bits per heavy atom. The number of ether oxygens (including phenoxy) is 1. The molecule has 35 heavy (non-hydrogen) atoms. The SMILES string of the molecule is O=C(O)CC(NC(=O)OCC1c2ccccc2-c2ccccc21)C(=O)NCCc1cccc(F)c1. The molecule has 0 bridgehead atoms. The molecule has 1 unspecified atom stereocenters. The van der Waals surface area contributed by atoms with E-state index in [0.717, 1.165) is 22.3 Å². The molecule has 0 radical (unpaired) electrons. The van der Waals surface area contributed by atoms with E-state index in [-0.39, 0.29) is 24.9 Å². The molecule has 4 rings (SSSR count). The highest BCUT2D eigenvalue weighted by atomic mass is 19.1. The van der Waals surface area contributed by atoms with Crippen molar-refractivity contribution in [2.75, 3.05) is 13.2 Å². The van der Waals surface area contributed by atoms with E-state index in [0.29, 0.717) is 12.0 Å². The van der Waals surface area contributed by atoms with Crippen LogP contribution in [0.15, 0.2) is 72.8 Å². The number of aliphatic carboxylic acids is 1. The zero-order chi connectivity index (χ0) is 24.8. The number of hydrogen-bond acceptors (Lipinski definition) is 4. The van der Waals surface area contributed by atoms with E-state index in [2.05, 4.69) is 10.6 Å². The van der Waals surface area contributed by atoms with Crippen molar-refractivity contribution in [1.29, 1.82) is 0 Å². The molecule has 0 aromatic heterocycles. The highest BCUT2D eigenvalue weighted by Crippen LogP contribution is 2.44. The average molecular weight is 477 g/mol. The van der Waals surface area contributed by atoms with E-state index in [1.165, 1.54) is 12.1 Å². The first-order valence-electron chi connectivity index (χ1n) is 11.3. The number of alkyl carbamates (subject to hydrolysis) is 1. The number of carboxylic acid groups (broad SMARTS) is 1. The summed E-state index contributed by atoms with van der Waals surface area (Å²) in [4.78, 5) is 36.3. The molecule has 8 heteroatoms. The maximum absolute atomic E-state index is 13.3. The molecular weight excluding hydrogens is 451 g/mol. The number of amides is 2. The van der Waals surface area contributed by atoms with Crippen LogP contribution in [-0.4, -0.2) is 42.3 Å². The van der Waals surface area contributed by atoms with Crippen LogP contribution in [0, 0.1) is 5.82 Å². The van der Waals surface area contributed by atoms with Gasteiger partial charge in [0.2, 0.25) is 5.91 Å². The Bertz CT molecular complexity index is 1200. The highest BCUT2D eigenvalue weighted by molar-refractivity contribution is 5.89. The molecule has 0 heterocycles. The lowest BCUT2D eigenvalue weighted by Gasteiger charge is -2.18. The fourth-order valence-electron chi connectivity index (χ4n) is 4.31. The van der Waals surface area contributed by atoms with Crippen molar-refractivity contribution < 1.29 is 28.6 Å². The molecule has 0 saturated carbocycles. The summed E-state index contributed by atoms with van der Waals surface area (Å²) in [5.74, 6) is -2.44. The van der Waals surface area contributed by atoms with Crippen LogP contribution in [-0.2, 0) is 20.7 Å². The van der Waals surface area contributed by atoms with Gasteiger partial charge in [-0.15, -0.1) is 0 Å². The highest BCUT2D eigenvalue weighted by Gasteiger charge is 2.30. The Kier molecular flexibility index (Phi) is 7.40. The third kappa shape index (κ3) is 5.84. The van der Waals surface area contributed by atoms with E-state index < -0.39 is 30.4 Å². The van der Waals surface area contributed by atoms with Crippen LogP contribution >= 0.6 is 0 Å². The largest absolute Gasteiger partial charge is 0.481 e. The monoisotopic (exact) mass is 476 g/mol. The molecule has 1 aliphatic rings. The summed E-state index contributed by atoms with van der Waals surface area (Å²) in [5, 5.41) is 14.1.